The molecule has 0 aliphatic rings. The van der Waals surface area contributed by atoms with Gasteiger partial charge in [-0.1, -0.05) is 39.5 Å². The van der Waals surface area contributed by atoms with E-state index in [9.17, 15) is 0 Å². The van der Waals surface area contributed by atoms with Crippen LogP contribution in [0.4, 0.5) is 0 Å². The Morgan fingerprint density at radius 2 is 1.82 bits per heavy atom. The molecular weight excluding hydrogens is 214 g/mol. The number of hydrogen-bond donors (Lipinski definition) is 1. The summed E-state index contributed by atoms with van der Waals surface area (Å²) in [5.74, 6) is 0.109. The molecule has 0 saturated heterocycles. The lowest BCUT2D eigenvalue weighted by Gasteiger charge is -1.97. The highest BCUT2D eigenvalue weighted by atomic mass is 15.3. The lowest BCUT2D eigenvalue weighted by molar-refractivity contribution is 0.638. The number of hydrazone groups is 1. The van der Waals surface area contributed by atoms with Crippen LogP contribution in [0.15, 0.2) is 15.3 Å². The van der Waals surface area contributed by atoms with Gasteiger partial charge in [0.15, 0.2) is 0 Å². The Kier molecular flexibility index (Phi) is 11.6. The van der Waals surface area contributed by atoms with Crippen LogP contribution in [-0.2, 0) is 0 Å². The van der Waals surface area contributed by atoms with Gasteiger partial charge in [0, 0.05) is 6.54 Å². The van der Waals surface area contributed by atoms with Crippen molar-refractivity contribution in [1.29, 1.82) is 5.26 Å². The molecule has 0 aliphatic heterocycles. The molecule has 0 spiro atoms. The Bertz CT molecular complexity index is 265. The van der Waals surface area contributed by atoms with Crippen molar-refractivity contribution in [3.8, 4) is 6.07 Å². The molecule has 0 aromatic heterocycles. The van der Waals surface area contributed by atoms with E-state index < -0.39 is 0 Å². The normalized spacial score (nSPS) is 11.7. The third-order valence-electron chi connectivity index (χ3n) is 2.20. The fourth-order valence-electron chi connectivity index (χ4n) is 1.20. The number of amidine groups is 1. The SMILES string of the molecule is CCCCCN=NC(C#N)=NNCCCCC. The second-order valence-corrected chi connectivity index (χ2v) is 3.83. The van der Waals surface area contributed by atoms with Crippen molar-refractivity contribution in [3.63, 3.8) is 0 Å². The maximum absolute atomic E-state index is 8.76. The van der Waals surface area contributed by atoms with E-state index in [4.69, 9.17) is 5.26 Å². The molecule has 0 aromatic rings. The lowest BCUT2D eigenvalue weighted by Crippen LogP contribution is -2.09. The number of rotatable bonds is 9. The lowest BCUT2D eigenvalue weighted by atomic mass is 10.2. The molecule has 0 saturated carbocycles. The molecule has 0 radical (unpaired) electrons. The number of nitriles is 1. The van der Waals surface area contributed by atoms with Crippen LogP contribution in [0, 0.1) is 11.3 Å². The molecule has 0 aliphatic carbocycles. The van der Waals surface area contributed by atoms with Crippen LogP contribution < -0.4 is 5.43 Å². The third-order valence-corrected chi connectivity index (χ3v) is 2.20. The van der Waals surface area contributed by atoms with Gasteiger partial charge >= 0.3 is 0 Å². The van der Waals surface area contributed by atoms with Crippen molar-refractivity contribution in [1.82, 2.24) is 5.43 Å². The maximum Gasteiger partial charge on any atom is 0.269 e. The zero-order valence-corrected chi connectivity index (χ0v) is 10.9. The minimum Gasteiger partial charge on any atom is -0.307 e. The zero-order valence-electron chi connectivity index (χ0n) is 10.9. The van der Waals surface area contributed by atoms with Crippen LogP contribution >= 0.6 is 0 Å². The monoisotopic (exact) mass is 237 g/mol. The predicted molar refractivity (Wildman–Crippen MR) is 69.8 cm³/mol. The summed E-state index contributed by atoms with van der Waals surface area (Å²) in [5.41, 5.74) is 2.83. The van der Waals surface area contributed by atoms with Crippen LogP contribution in [0.25, 0.3) is 0 Å². The summed E-state index contributed by atoms with van der Waals surface area (Å²) in [6.45, 7) is 5.74. The van der Waals surface area contributed by atoms with Crippen molar-refractivity contribution in [2.45, 2.75) is 52.4 Å². The van der Waals surface area contributed by atoms with Crippen molar-refractivity contribution in [3.05, 3.63) is 0 Å². The second kappa shape index (κ2) is 12.6. The molecule has 0 aromatic carbocycles. The molecule has 0 unspecified atom stereocenters. The summed E-state index contributed by atoms with van der Waals surface area (Å²) in [6, 6.07) is 1.91. The number of azo groups is 1. The van der Waals surface area contributed by atoms with Crippen LogP contribution in [0.3, 0.4) is 0 Å². The van der Waals surface area contributed by atoms with Gasteiger partial charge in [0.25, 0.3) is 5.84 Å². The number of unbranched alkanes of at least 4 members (excludes halogenated alkanes) is 4. The summed E-state index contributed by atoms with van der Waals surface area (Å²) in [7, 11) is 0. The van der Waals surface area contributed by atoms with Gasteiger partial charge in [-0.15, -0.1) is 10.2 Å². The minimum absolute atomic E-state index is 0.109. The summed E-state index contributed by atoms with van der Waals surface area (Å²) >= 11 is 0. The van der Waals surface area contributed by atoms with Gasteiger partial charge in [-0.3, -0.25) is 0 Å². The first kappa shape index (κ1) is 15.6. The Morgan fingerprint density at radius 3 is 2.47 bits per heavy atom. The summed E-state index contributed by atoms with van der Waals surface area (Å²) < 4.78 is 0. The number of nitrogens with zero attached hydrogens (tertiary/aromatic N) is 4. The minimum atomic E-state index is 0.109. The Hall–Kier alpha value is -1.44. The van der Waals surface area contributed by atoms with Gasteiger partial charge in [0.1, 0.15) is 6.07 Å². The van der Waals surface area contributed by atoms with Crippen molar-refractivity contribution < 1.29 is 0 Å². The standard InChI is InChI=1S/C12H23N5/c1-3-5-7-9-14-16-12(11-13)17-15-10-8-6-4-2/h14H,3-10H2,1-2H3. The molecule has 17 heavy (non-hydrogen) atoms. The number of nitrogens with one attached hydrogen (secondary N) is 1. The third kappa shape index (κ3) is 10.8. The van der Waals surface area contributed by atoms with Gasteiger partial charge in [0.05, 0.1) is 6.54 Å². The molecule has 96 valence electrons. The molecule has 5 heteroatoms. The highest BCUT2D eigenvalue weighted by Gasteiger charge is 1.93. The molecular formula is C12H23N5. The van der Waals surface area contributed by atoms with Crippen molar-refractivity contribution >= 4 is 5.84 Å². The van der Waals surface area contributed by atoms with Gasteiger partial charge < -0.3 is 5.43 Å². The largest absolute Gasteiger partial charge is 0.307 e. The Balaban J connectivity index is 3.74. The van der Waals surface area contributed by atoms with Crippen LogP contribution in [0.5, 0.6) is 0 Å². The molecule has 0 rings (SSSR count). The van der Waals surface area contributed by atoms with E-state index >= 15 is 0 Å². The number of hydrogen-bond acceptors (Lipinski definition) is 4. The van der Waals surface area contributed by atoms with Gasteiger partial charge in [0.2, 0.25) is 0 Å². The van der Waals surface area contributed by atoms with Gasteiger partial charge in [-0.25, -0.2) is 0 Å². The van der Waals surface area contributed by atoms with E-state index in [1.165, 1.54) is 12.8 Å². The first-order chi connectivity index (χ1) is 8.35. The topological polar surface area (TPSA) is 72.9 Å². The van der Waals surface area contributed by atoms with Crippen LogP contribution in [0.2, 0.25) is 0 Å². The summed E-state index contributed by atoms with van der Waals surface area (Å²) in [5, 5.41) is 20.3. The highest BCUT2D eigenvalue weighted by Crippen LogP contribution is 1.94. The zero-order chi connectivity index (χ0) is 12.8. The fraction of sp³-hybridized carbons (Fsp3) is 0.833. The summed E-state index contributed by atoms with van der Waals surface area (Å²) in [4.78, 5) is 0. The quantitative estimate of drug-likeness (QED) is 0.220. The van der Waals surface area contributed by atoms with Crippen molar-refractivity contribution in [2.24, 2.45) is 15.3 Å². The Labute approximate surface area is 104 Å². The van der Waals surface area contributed by atoms with E-state index in [2.05, 4.69) is 34.6 Å². The highest BCUT2D eigenvalue weighted by molar-refractivity contribution is 5.96. The van der Waals surface area contributed by atoms with Crippen molar-refractivity contribution in [2.75, 3.05) is 13.1 Å². The molecule has 0 amide bonds. The van der Waals surface area contributed by atoms with E-state index in [1.807, 2.05) is 6.07 Å². The smallest absolute Gasteiger partial charge is 0.269 e. The molecule has 1 N–H and O–H groups in total. The Morgan fingerprint density at radius 1 is 1.12 bits per heavy atom. The first-order valence-electron chi connectivity index (χ1n) is 6.43. The second-order valence-electron chi connectivity index (χ2n) is 3.83. The molecule has 0 heterocycles. The molecule has 0 fully saturated rings. The first-order valence-corrected chi connectivity index (χ1v) is 6.43. The van der Waals surface area contributed by atoms with Crippen LogP contribution in [0.1, 0.15) is 52.4 Å². The maximum atomic E-state index is 8.76. The van der Waals surface area contributed by atoms with Gasteiger partial charge in [-0.2, -0.15) is 10.4 Å². The van der Waals surface area contributed by atoms with Crippen LogP contribution in [-0.4, -0.2) is 18.9 Å². The van der Waals surface area contributed by atoms with Gasteiger partial charge in [-0.05, 0) is 12.8 Å². The van der Waals surface area contributed by atoms with E-state index in [0.717, 1.165) is 32.2 Å². The molecule has 5 nitrogen and oxygen atoms in total. The average molecular weight is 237 g/mol. The fourth-order valence-corrected chi connectivity index (χ4v) is 1.20. The summed E-state index contributed by atoms with van der Waals surface area (Å²) in [6.07, 6.45) is 6.73. The predicted octanol–water partition coefficient (Wildman–Crippen LogP) is 3.25. The van der Waals surface area contributed by atoms with E-state index in [1.54, 1.807) is 0 Å². The molecule has 0 bridgehead atoms. The van der Waals surface area contributed by atoms with E-state index in [0.29, 0.717) is 6.54 Å². The van der Waals surface area contributed by atoms with E-state index in [-0.39, 0.29) is 5.84 Å². The average Bonchev–Trinajstić information content (AvgIpc) is 2.36. The molecule has 0 atom stereocenters.